The molecule has 0 bridgehead atoms. The molecule has 0 saturated carbocycles. The Morgan fingerprint density at radius 2 is 1.90 bits per heavy atom. The molecular formula is C15H15N5. The van der Waals surface area contributed by atoms with Crippen molar-refractivity contribution in [1.82, 2.24) is 15.0 Å². The highest BCUT2D eigenvalue weighted by atomic mass is 15.1. The van der Waals surface area contributed by atoms with Crippen molar-refractivity contribution in [3.8, 4) is 0 Å². The Morgan fingerprint density at radius 3 is 2.75 bits per heavy atom. The van der Waals surface area contributed by atoms with E-state index < -0.39 is 0 Å². The fourth-order valence-electron chi connectivity index (χ4n) is 2.02. The SMILES string of the molecule is CNc1ncc(C)c(Nc2cccc3cccnc23)n1. The molecule has 0 unspecified atom stereocenters. The molecule has 3 aromatic rings. The summed E-state index contributed by atoms with van der Waals surface area (Å²) in [7, 11) is 1.80. The Balaban J connectivity index is 2.05. The zero-order valence-corrected chi connectivity index (χ0v) is 11.4. The van der Waals surface area contributed by atoms with Crippen LogP contribution in [0.3, 0.4) is 0 Å². The van der Waals surface area contributed by atoms with Gasteiger partial charge < -0.3 is 10.6 Å². The first kappa shape index (κ1) is 12.3. The third-order valence-corrected chi connectivity index (χ3v) is 3.08. The maximum atomic E-state index is 4.43. The highest BCUT2D eigenvalue weighted by molar-refractivity contribution is 5.91. The monoisotopic (exact) mass is 265 g/mol. The second-order valence-electron chi connectivity index (χ2n) is 4.48. The van der Waals surface area contributed by atoms with Gasteiger partial charge >= 0.3 is 0 Å². The highest BCUT2D eigenvalue weighted by Crippen LogP contribution is 2.25. The van der Waals surface area contributed by atoms with E-state index in [2.05, 4.69) is 25.6 Å². The van der Waals surface area contributed by atoms with E-state index in [-0.39, 0.29) is 0 Å². The number of aromatic nitrogens is 3. The Hall–Kier alpha value is -2.69. The number of nitrogens with zero attached hydrogens (tertiary/aromatic N) is 3. The van der Waals surface area contributed by atoms with Crippen LogP contribution in [-0.2, 0) is 0 Å². The van der Waals surface area contributed by atoms with Crippen molar-refractivity contribution in [1.29, 1.82) is 0 Å². The molecule has 100 valence electrons. The van der Waals surface area contributed by atoms with E-state index in [4.69, 9.17) is 0 Å². The van der Waals surface area contributed by atoms with Gasteiger partial charge in [-0.1, -0.05) is 18.2 Å². The van der Waals surface area contributed by atoms with E-state index in [0.717, 1.165) is 28.0 Å². The van der Waals surface area contributed by atoms with Crippen LogP contribution >= 0.6 is 0 Å². The maximum Gasteiger partial charge on any atom is 0.224 e. The average Bonchev–Trinajstić information content (AvgIpc) is 2.50. The fourth-order valence-corrected chi connectivity index (χ4v) is 2.02. The summed E-state index contributed by atoms with van der Waals surface area (Å²) >= 11 is 0. The van der Waals surface area contributed by atoms with E-state index >= 15 is 0 Å². The normalized spacial score (nSPS) is 10.5. The standard InChI is InChI=1S/C15H15N5/c1-10-9-18-15(16-2)20-14(10)19-12-7-3-5-11-6-4-8-17-13(11)12/h3-9H,1-2H3,(H2,16,18,19,20). The molecular weight excluding hydrogens is 250 g/mol. The molecule has 0 radical (unpaired) electrons. The number of hydrogen-bond donors (Lipinski definition) is 2. The van der Waals surface area contributed by atoms with Crippen molar-refractivity contribution in [3.05, 3.63) is 48.3 Å². The van der Waals surface area contributed by atoms with E-state index in [0.29, 0.717) is 5.95 Å². The van der Waals surface area contributed by atoms with Crippen LogP contribution < -0.4 is 10.6 Å². The van der Waals surface area contributed by atoms with Gasteiger partial charge in [0.1, 0.15) is 5.82 Å². The van der Waals surface area contributed by atoms with Crippen LogP contribution in [0.4, 0.5) is 17.5 Å². The lowest BCUT2D eigenvalue weighted by Gasteiger charge is -2.11. The Labute approximate surface area is 117 Å². The molecule has 0 saturated heterocycles. The zero-order valence-electron chi connectivity index (χ0n) is 11.4. The lowest BCUT2D eigenvalue weighted by atomic mass is 10.2. The van der Waals surface area contributed by atoms with E-state index in [1.54, 1.807) is 19.4 Å². The lowest BCUT2D eigenvalue weighted by Crippen LogP contribution is -2.03. The molecule has 1 aromatic carbocycles. The summed E-state index contributed by atoms with van der Waals surface area (Å²) in [5.41, 5.74) is 2.85. The predicted molar refractivity (Wildman–Crippen MR) is 81.3 cm³/mol. The summed E-state index contributed by atoms with van der Waals surface area (Å²) in [6, 6.07) is 10.0. The molecule has 0 aliphatic rings. The summed E-state index contributed by atoms with van der Waals surface area (Å²) in [6.07, 6.45) is 3.58. The number of rotatable bonds is 3. The van der Waals surface area contributed by atoms with Crippen LogP contribution in [0.2, 0.25) is 0 Å². The minimum absolute atomic E-state index is 0.589. The number of aryl methyl sites for hydroxylation is 1. The summed E-state index contributed by atoms with van der Waals surface area (Å²) in [5.74, 6) is 1.37. The molecule has 0 atom stereocenters. The third-order valence-electron chi connectivity index (χ3n) is 3.08. The van der Waals surface area contributed by atoms with Gasteiger partial charge in [0, 0.05) is 30.4 Å². The topological polar surface area (TPSA) is 62.7 Å². The first-order valence-corrected chi connectivity index (χ1v) is 6.40. The van der Waals surface area contributed by atoms with Crippen LogP contribution in [0.5, 0.6) is 0 Å². The van der Waals surface area contributed by atoms with E-state index in [9.17, 15) is 0 Å². The lowest BCUT2D eigenvalue weighted by molar-refractivity contribution is 1.12. The first-order valence-electron chi connectivity index (χ1n) is 6.40. The second-order valence-corrected chi connectivity index (χ2v) is 4.48. The minimum Gasteiger partial charge on any atom is -0.357 e. The van der Waals surface area contributed by atoms with Crippen molar-refractivity contribution in [2.24, 2.45) is 0 Å². The van der Waals surface area contributed by atoms with Crippen LogP contribution in [0, 0.1) is 6.92 Å². The van der Waals surface area contributed by atoms with E-state index in [1.807, 2.05) is 37.3 Å². The van der Waals surface area contributed by atoms with Crippen LogP contribution in [0.15, 0.2) is 42.7 Å². The number of para-hydroxylation sites is 1. The first-order chi connectivity index (χ1) is 9.78. The van der Waals surface area contributed by atoms with Crippen molar-refractivity contribution in [2.75, 3.05) is 17.7 Å². The van der Waals surface area contributed by atoms with Crippen LogP contribution in [-0.4, -0.2) is 22.0 Å². The molecule has 0 spiro atoms. The molecule has 2 N–H and O–H groups in total. The number of benzene rings is 1. The molecule has 20 heavy (non-hydrogen) atoms. The number of hydrogen-bond acceptors (Lipinski definition) is 5. The van der Waals surface area contributed by atoms with Gasteiger partial charge in [0.2, 0.25) is 5.95 Å². The van der Waals surface area contributed by atoms with Crippen LogP contribution in [0.1, 0.15) is 5.56 Å². The number of fused-ring (bicyclic) bond motifs is 1. The van der Waals surface area contributed by atoms with Gasteiger partial charge in [0.05, 0.1) is 11.2 Å². The Kier molecular flexibility index (Phi) is 3.16. The summed E-state index contributed by atoms with van der Waals surface area (Å²) in [6.45, 7) is 1.97. The third kappa shape index (κ3) is 2.25. The largest absolute Gasteiger partial charge is 0.357 e. The van der Waals surface area contributed by atoms with Gasteiger partial charge in [0.25, 0.3) is 0 Å². The molecule has 5 heteroatoms. The van der Waals surface area contributed by atoms with Crippen molar-refractivity contribution in [3.63, 3.8) is 0 Å². The van der Waals surface area contributed by atoms with Gasteiger partial charge in [-0.05, 0) is 19.1 Å². The maximum absolute atomic E-state index is 4.43. The molecule has 5 nitrogen and oxygen atoms in total. The summed E-state index contributed by atoms with van der Waals surface area (Å²) in [4.78, 5) is 13.0. The van der Waals surface area contributed by atoms with Crippen molar-refractivity contribution < 1.29 is 0 Å². The average molecular weight is 265 g/mol. The van der Waals surface area contributed by atoms with Crippen molar-refractivity contribution >= 4 is 28.4 Å². The number of pyridine rings is 1. The quantitative estimate of drug-likeness (QED) is 0.761. The smallest absolute Gasteiger partial charge is 0.224 e. The highest BCUT2D eigenvalue weighted by Gasteiger charge is 2.06. The molecule has 3 rings (SSSR count). The molecule has 0 aliphatic heterocycles. The van der Waals surface area contributed by atoms with Gasteiger partial charge in [-0.3, -0.25) is 4.98 Å². The van der Waals surface area contributed by atoms with Gasteiger partial charge in [-0.15, -0.1) is 0 Å². The van der Waals surface area contributed by atoms with Gasteiger partial charge in [0.15, 0.2) is 0 Å². The number of nitrogens with one attached hydrogen (secondary N) is 2. The summed E-state index contributed by atoms with van der Waals surface area (Å²) < 4.78 is 0. The summed E-state index contributed by atoms with van der Waals surface area (Å²) in [5, 5.41) is 7.37. The van der Waals surface area contributed by atoms with Crippen LogP contribution in [0.25, 0.3) is 10.9 Å². The molecule has 2 heterocycles. The van der Waals surface area contributed by atoms with Crippen molar-refractivity contribution in [2.45, 2.75) is 6.92 Å². The minimum atomic E-state index is 0.589. The predicted octanol–water partition coefficient (Wildman–Crippen LogP) is 3.12. The molecule has 0 amide bonds. The fraction of sp³-hybridized carbons (Fsp3) is 0.133. The molecule has 0 aliphatic carbocycles. The Bertz CT molecular complexity index is 749. The van der Waals surface area contributed by atoms with Gasteiger partial charge in [-0.2, -0.15) is 4.98 Å². The number of anilines is 3. The molecule has 0 fully saturated rings. The van der Waals surface area contributed by atoms with E-state index in [1.165, 1.54) is 0 Å². The Morgan fingerprint density at radius 1 is 1.05 bits per heavy atom. The van der Waals surface area contributed by atoms with Gasteiger partial charge in [-0.25, -0.2) is 4.98 Å². The second kappa shape index (κ2) is 5.13. The zero-order chi connectivity index (χ0) is 13.9. The molecule has 2 aromatic heterocycles.